The Morgan fingerprint density at radius 2 is 1.42 bits per heavy atom. The summed E-state index contributed by atoms with van der Waals surface area (Å²) >= 11 is 0. The van der Waals surface area contributed by atoms with E-state index in [1.54, 1.807) is 24.3 Å². The second-order valence-corrected chi connectivity index (χ2v) is 9.26. The second-order valence-electron chi connectivity index (χ2n) is 9.26. The van der Waals surface area contributed by atoms with Crippen LogP contribution >= 0.6 is 0 Å². The molecule has 0 aromatic heterocycles. The third-order valence-corrected chi connectivity index (χ3v) is 7.00. The summed E-state index contributed by atoms with van der Waals surface area (Å²) in [5, 5.41) is 39.9. The molecule has 2 aromatic rings. The lowest BCUT2D eigenvalue weighted by atomic mass is 9.83. The van der Waals surface area contributed by atoms with Crippen molar-refractivity contribution in [1.29, 1.82) is 0 Å². The second kappa shape index (κ2) is 10.1. The van der Waals surface area contributed by atoms with Crippen LogP contribution in [0.25, 0.3) is 0 Å². The molecule has 1 saturated heterocycles. The number of cyclic esters (lactones) is 1. The molecule has 4 aliphatic rings. The Bertz CT molecular complexity index is 1200. The van der Waals surface area contributed by atoms with E-state index in [2.05, 4.69) is 0 Å². The molecule has 6 rings (SSSR count). The van der Waals surface area contributed by atoms with E-state index in [1.165, 1.54) is 0 Å². The number of ether oxygens (including phenoxy) is 7. The molecular weight excluding hydrogens is 504 g/mol. The van der Waals surface area contributed by atoms with Gasteiger partial charge in [0.15, 0.2) is 29.3 Å². The molecule has 12 nitrogen and oxygen atoms in total. The SMILES string of the molecule is O=C1OCC(COC2OC(CO)C(O)C(O)C2O)=C1C(c1ccc2c(c1)OCO2)c1ccc2c(c1)OCO2. The Hall–Kier alpha value is -3.39. The third-order valence-electron chi connectivity index (χ3n) is 7.00. The number of aliphatic hydroxyl groups is 4. The van der Waals surface area contributed by atoms with Crippen molar-refractivity contribution in [1.82, 2.24) is 0 Å². The molecule has 0 bridgehead atoms. The van der Waals surface area contributed by atoms with Crippen LogP contribution in [0.3, 0.4) is 0 Å². The Labute approximate surface area is 216 Å². The summed E-state index contributed by atoms with van der Waals surface area (Å²) in [6, 6.07) is 10.8. The van der Waals surface area contributed by atoms with Gasteiger partial charge in [0, 0.05) is 11.5 Å². The van der Waals surface area contributed by atoms with Gasteiger partial charge in [0.25, 0.3) is 0 Å². The van der Waals surface area contributed by atoms with E-state index in [9.17, 15) is 25.2 Å². The summed E-state index contributed by atoms with van der Waals surface area (Å²) in [6.45, 7) is -0.643. The maximum atomic E-state index is 13.1. The first kappa shape index (κ1) is 24.9. The average molecular weight is 530 g/mol. The molecule has 12 heteroatoms. The summed E-state index contributed by atoms with van der Waals surface area (Å²) in [5.41, 5.74) is 2.28. The van der Waals surface area contributed by atoms with E-state index in [-0.39, 0.29) is 26.8 Å². The molecule has 1 fully saturated rings. The first-order chi connectivity index (χ1) is 18.4. The normalized spacial score (nSPS) is 27.8. The number of fused-ring (bicyclic) bond motifs is 2. The minimum atomic E-state index is -1.59. The molecule has 4 heterocycles. The lowest BCUT2D eigenvalue weighted by Gasteiger charge is -2.39. The molecular formula is C26H26O12. The average Bonchev–Trinajstić information content (AvgIpc) is 3.67. The fraction of sp³-hybridized carbons (Fsp3) is 0.423. The van der Waals surface area contributed by atoms with Crippen LogP contribution < -0.4 is 18.9 Å². The van der Waals surface area contributed by atoms with E-state index in [0.29, 0.717) is 34.1 Å². The zero-order valence-electron chi connectivity index (χ0n) is 20.0. The van der Waals surface area contributed by atoms with Gasteiger partial charge in [0.05, 0.1) is 18.8 Å². The Morgan fingerprint density at radius 1 is 0.816 bits per heavy atom. The molecule has 0 radical (unpaired) electrons. The fourth-order valence-corrected chi connectivity index (χ4v) is 4.99. The van der Waals surface area contributed by atoms with E-state index in [1.807, 2.05) is 12.1 Å². The van der Waals surface area contributed by atoms with Gasteiger partial charge in [-0.2, -0.15) is 0 Å². The largest absolute Gasteiger partial charge is 0.458 e. The van der Waals surface area contributed by atoms with Crippen molar-refractivity contribution in [3.05, 3.63) is 58.7 Å². The Kier molecular flexibility index (Phi) is 6.60. The highest BCUT2D eigenvalue weighted by atomic mass is 16.7. The van der Waals surface area contributed by atoms with Crippen molar-refractivity contribution in [2.75, 3.05) is 33.4 Å². The first-order valence-electron chi connectivity index (χ1n) is 12.0. The topological polar surface area (TPSA) is 163 Å². The molecule has 0 spiro atoms. The van der Waals surface area contributed by atoms with Crippen molar-refractivity contribution in [3.8, 4) is 23.0 Å². The van der Waals surface area contributed by atoms with Gasteiger partial charge in [0.2, 0.25) is 13.6 Å². The van der Waals surface area contributed by atoms with Crippen LogP contribution in [-0.2, 0) is 19.0 Å². The van der Waals surface area contributed by atoms with Crippen molar-refractivity contribution >= 4 is 5.97 Å². The van der Waals surface area contributed by atoms with Gasteiger partial charge >= 0.3 is 5.97 Å². The molecule has 4 N–H and O–H groups in total. The molecule has 202 valence electrons. The van der Waals surface area contributed by atoms with Crippen molar-refractivity contribution in [3.63, 3.8) is 0 Å². The molecule has 4 aliphatic heterocycles. The number of hydrogen-bond donors (Lipinski definition) is 4. The molecule has 2 aromatic carbocycles. The van der Waals surface area contributed by atoms with Crippen LogP contribution in [0.1, 0.15) is 17.0 Å². The van der Waals surface area contributed by atoms with Crippen LogP contribution in [0, 0.1) is 0 Å². The summed E-state index contributed by atoms with van der Waals surface area (Å²) in [5.74, 6) is 1.11. The highest BCUT2D eigenvalue weighted by molar-refractivity contribution is 5.94. The highest BCUT2D eigenvalue weighted by Gasteiger charge is 2.44. The minimum absolute atomic E-state index is 0.0583. The van der Waals surface area contributed by atoms with Crippen LogP contribution in [-0.4, -0.2) is 90.5 Å². The van der Waals surface area contributed by atoms with Gasteiger partial charge in [-0.15, -0.1) is 0 Å². The van der Waals surface area contributed by atoms with E-state index in [4.69, 9.17) is 33.2 Å². The standard InChI is InChI=1S/C26H26O12/c27-7-19-22(28)23(29)24(30)26(38-19)33-9-14-8-32-25(31)21(14)20(12-1-3-15-17(5-12)36-10-34-15)13-2-4-16-18(6-13)37-11-35-16/h1-6,19-20,22-24,26-30H,7-11H2. The maximum absolute atomic E-state index is 13.1. The van der Waals surface area contributed by atoms with Gasteiger partial charge in [-0.05, 0) is 35.4 Å². The molecule has 0 aliphatic carbocycles. The summed E-state index contributed by atoms with van der Waals surface area (Å²) < 4.78 is 38.6. The van der Waals surface area contributed by atoms with Gasteiger partial charge in [-0.25, -0.2) is 4.79 Å². The number of carbonyl (C=O) groups is 1. The van der Waals surface area contributed by atoms with Crippen LogP contribution in [0.4, 0.5) is 0 Å². The molecule has 5 atom stereocenters. The smallest absolute Gasteiger partial charge is 0.335 e. The number of carbonyl (C=O) groups excluding carboxylic acids is 1. The predicted molar refractivity (Wildman–Crippen MR) is 125 cm³/mol. The quantitative estimate of drug-likeness (QED) is 0.354. The zero-order valence-corrected chi connectivity index (χ0v) is 20.0. The fourth-order valence-electron chi connectivity index (χ4n) is 4.99. The monoisotopic (exact) mass is 530 g/mol. The van der Waals surface area contributed by atoms with Gasteiger partial charge < -0.3 is 53.6 Å². The van der Waals surface area contributed by atoms with Crippen molar-refractivity contribution in [2.24, 2.45) is 0 Å². The van der Waals surface area contributed by atoms with Crippen molar-refractivity contribution < 1.29 is 58.4 Å². The van der Waals surface area contributed by atoms with E-state index in [0.717, 1.165) is 11.1 Å². The molecule has 5 unspecified atom stereocenters. The van der Waals surface area contributed by atoms with Gasteiger partial charge in [-0.1, -0.05) is 12.1 Å². The number of rotatable bonds is 7. The van der Waals surface area contributed by atoms with E-state index < -0.39 is 49.2 Å². The molecule has 0 saturated carbocycles. The predicted octanol–water partition coefficient (Wildman–Crippen LogP) is -0.0542. The third kappa shape index (κ3) is 4.34. The number of hydrogen-bond acceptors (Lipinski definition) is 12. The van der Waals surface area contributed by atoms with Crippen LogP contribution in [0.5, 0.6) is 23.0 Å². The van der Waals surface area contributed by atoms with Crippen LogP contribution in [0.2, 0.25) is 0 Å². The van der Waals surface area contributed by atoms with Gasteiger partial charge in [0.1, 0.15) is 31.0 Å². The summed E-state index contributed by atoms with van der Waals surface area (Å²) in [7, 11) is 0. The number of esters is 1. The maximum Gasteiger partial charge on any atom is 0.335 e. The zero-order chi connectivity index (χ0) is 26.4. The highest BCUT2D eigenvalue weighted by Crippen LogP contribution is 2.44. The number of benzene rings is 2. The molecule has 38 heavy (non-hydrogen) atoms. The Balaban J connectivity index is 1.35. The Morgan fingerprint density at radius 3 is 2.03 bits per heavy atom. The summed E-state index contributed by atoms with van der Waals surface area (Å²) in [6.07, 6.45) is -7.15. The minimum Gasteiger partial charge on any atom is -0.458 e. The summed E-state index contributed by atoms with van der Waals surface area (Å²) in [4.78, 5) is 13.1. The molecule has 0 amide bonds. The number of aliphatic hydroxyl groups excluding tert-OH is 4. The van der Waals surface area contributed by atoms with Crippen molar-refractivity contribution in [2.45, 2.75) is 36.6 Å². The van der Waals surface area contributed by atoms with Crippen LogP contribution in [0.15, 0.2) is 47.5 Å². The lowest BCUT2D eigenvalue weighted by Crippen LogP contribution is -2.59. The first-order valence-corrected chi connectivity index (χ1v) is 12.0. The lowest BCUT2D eigenvalue weighted by molar-refractivity contribution is -0.299. The van der Waals surface area contributed by atoms with E-state index >= 15 is 0 Å². The van der Waals surface area contributed by atoms with Gasteiger partial charge in [-0.3, -0.25) is 0 Å².